The zero-order valence-electron chi connectivity index (χ0n) is 13.1. The number of fused-ring (bicyclic) bond motifs is 1. The lowest BCUT2D eigenvalue weighted by molar-refractivity contribution is 0.0156. The minimum absolute atomic E-state index is 0.326. The van der Waals surface area contributed by atoms with E-state index < -0.39 is 0 Å². The Morgan fingerprint density at radius 2 is 2.14 bits per heavy atom. The molecule has 0 aromatic carbocycles. The van der Waals surface area contributed by atoms with Gasteiger partial charge in [-0.15, -0.1) is 0 Å². The molecule has 4 nitrogen and oxygen atoms in total. The van der Waals surface area contributed by atoms with Crippen LogP contribution in [0.5, 0.6) is 0 Å². The Hall–Kier alpha value is -1.00. The molecule has 0 radical (unpaired) electrons. The van der Waals surface area contributed by atoms with Gasteiger partial charge in [0.05, 0.1) is 6.10 Å². The maximum absolute atomic E-state index is 5.82. The zero-order valence-corrected chi connectivity index (χ0v) is 13.1. The smallest absolute Gasteiger partial charge is 0.131 e. The van der Waals surface area contributed by atoms with Crippen molar-refractivity contribution in [2.75, 3.05) is 13.2 Å². The Kier molecular flexibility index (Phi) is 5.20. The van der Waals surface area contributed by atoms with Crippen LogP contribution >= 0.6 is 0 Å². The summed E-state index contributed by atoms with van der Waals surface area (Å²) >= 11 is 0. The summed E-state index contributed by atoms with van der Waals surface area (Å²) in [6.07, 6.45) is 11.7. The topological polar surface area (TPSA) is 47.0 Å². The second-order valence-corrected chi connectivity index (χ2v) is 6.24. The van der Waals surface area contributed by atoms with Crippen LogP contribution in [0, 0.1) is 0 Å². The molecule has 1 aliphatic carbocycles. The lowest BCUT2D eigenvalue weighted by atomic mass is 10.0. The van der Waals surface area contributed by atoms with Crippen LogP contribution in [-0.2, 0) is 17.6 Å². The number of rotatable bonds is 4. The van der Waals surface area contributed by atoms with Gasteiger partial charge < -0.3 is 10.1 Å². The van der Waals surface area contributed by atoms with Crippen molar-refractivity contribution in [1.82, 2.24) is 15.3 Å². The molecule has 1 fully saturated rings. The average Bonchev–Trinajstić information content (AvgIpc) is 2.71. The zero-order chi connectivity index (χ0) is 14.5. The van der Waals surface area contributed by atoms with Crippen molar-refractivity contribution < 1.29 is 4.74 Å². The SMILES string of the molecule is CCNC1CCCCc2nc(CC3CCCCO3)ncc21. The van der Waals surface area contributed by atoms with Crippen LogP contribution in [-0.4, -0.2) is 29.2 Å². The van der Waals surface area contributed by atoms with Gasteiger partial charge in [0.15, 0.2) is 0 Å². The van der Waals surface area contributed by atoms with E-state index in [2.05, 4.69) is 23.4 Å². The van der Waals surface area contributed by atoms with Crippen molar-refractivity contribution >= 4 is 0 Å². The van der Waals surface area contributed by atoms with E-state index in [0.717, 1.165) is 38.2 Å². The number of nitrogens with zero attached hydrogens (tertiary/aromatic N) is 2. The van der Waals surface area contributed by atoms with E-state index in [9.17, 15) is 0 Å². The molecule has 2 unspecified atom stereocenters. The number of hydrogen-bond donors (Lipinski definition) is 1. The molecule has 116 valence electrons. The largest absolute Gasteiger partial charge is 0.378 e. The summed E-state index contributed by atoms with van der Waals surface area (Å²) in [6.45, 7) is 4.07. The van der Waals surface area contributed by atoms with E-state index in [1.807, 2.05) is 0 Å². The molecule has 2 atom stereocenters. The molecule has 1 N–H and O–H groups in total. The van der Waals surface area contributed by atoms with Gasteiger partial charge in [-0.05, 0) is 45.1 Å². The van der Waals surface area contributed by atoms with Gasteiger partial charge in [-0.1, -0.05) is 13.3 Å². The molecule has 3 rings (SSSR count). The predicted octanol–water partition coefficient (Wildman–Crippen LogP) is 2.97. The molecule has 1 saturated heterocycles. The molecule has 2 aliphatic rings. The third kappa shape index (κ3) is 3.80. The minimum Gasteiger partial charge on any atom is -0.378 e. The summed E-state index contributed by atoms with van der Waals surface area (Å²) < 4.78 is 5.82. The second-order valence-electron chi connectivity index (χ2n) is 6.24. The van der Waals surface area contributed by atoms with Gasteiger partial charge in [0.2, 0.25) is 0 Å². The van der Waals surface area contributed by atoms with Crippen molar-refractivity contribution in [3.05, 3.63) is 23.3 Å². The predicted molar refractivity (Wildman–Crippen MR) is 83.3 cm³/mol. The van der Waals surface area contributed by atoms with Gasteiger partial charge in [-0.2, -0.15) is 0 Å². The Bertz CT molecular complexity index is 457. The lowest BCUT2D eigenvalue weighted by Gasteiger charge is -2.22. The van der Waals surface area contributed by atoms with E-state index in [4.69, 9.17) is 9.72 Å². The lowest BCUT2D eigenvalue weighted by Crippen LogP contribution is -2.24. The van der Waals surface area contributed by atoms with E-state index in [1.54, 1.807) is 0 Å². The highest BCUT2D eigenvalue weighted by Crippen LogP contribution is 2.27. The molecule has 2 heterocycles. The molecule has 0 saturated carbocycles. The number of ether oxygens (including phenoxy) is 1. The summed E-state index contributed by atoms with van der Waals surface area (Å²) in [5.74, 6) is 0.970. The maximum Gasteiger partial charge on any atom is 0.131 e. The fourth-order valence-electron chi connectivity index (χ4n) is 3.48. The van der Waals surface area contributed by atoms with Crippen molar-refractivity contribution in [3.8, 4) is 0 Å². The van der Waals surface area contributed by atoms with E-state index >= 15 is 0 Å². The van der Waals surface area contributed by atoms with Crippen LogP contribution in [0.15, 0.2) is 6.20 Å². The highest BCUT2D eigenvalue weighted by atomic mass is 16.5. The fourth-order valence-corrected chi connectivity index (χ4v) is 3.48. The number of aryl methyl sites for hydroxylation is 1. The van der Waals surface area contributed by atoms with Crippen molar-refractivity contribution in [3.63, 3.8) is 0 Å². The Labute approximate surface area is 127 Å². The standard InChI is InChI=1S/C17H27N3O/c1-2-18-15-8-3-4-9-16-14(15)12-19-17(20-16)11-13-7-5-6-10-21-13/h12-13,15,18H,2-11H2,1H3. The summed E-state index contributed by atoms with van der Waals surface area (Å²) in [7, 11) is 0. The van der Waals surface area contributed by atoms with Gasteiger partial charge in [-0.25, -0.2) is 9.97 Å². The van der Waals surface area contributed by atoms with E-state index in [0.29, 0.717) is 12.1 Å². The van der Waals surface area contributed by atoms with E-state index in [-0.39, 0.29) is 0 Å². The molecule has 1 aromatic heterocycles. The first-order valence-electron chi connectivity index (χ1n) is 8.56. The van der Waals surface area contributed by atoms with E-state index in [1.165, 1.54) is 43.4 Å². The third-order valence-corrected chi connectivity index (χ3v) is 4.62. The highest BCUT2D eigenvalue weighted by molar-refractivity contribution is 5.23. The van der Waals surface area contributed by atoms with Crippen LogP contribution in [0.4, 0.5) is 0 Å². The normalized spacial score (nSPS) is 26.1. The molecule has 0 bridgehead atoms. The first kappa shape index (κ1) is 14.9. The first-order valence-corrected chi connectivity index (χ1v) is 8.56. The Balaban J connectivity index is 1.74. The summed E-state index contributed by atoms with van der Waals surface area (Å²) in [4.78, 5) is 9.50. The molecule has 4 heteroatoms. The number of nitrogens with one attached hydrogen (secondary N) is 1. The van der Waals surface area contributed by atoms with Gasteiger partial charge >= 0.3 is 0 Å². The van der Waals surface area contributed by atoms with Crippen molar-refractivity contribution in [1.29, 1.82) is 0 Å². The number of aromatic nitrogens is 2. The van der Waals surface area contributed by atoms with Crippen molar-refractivity contribution in [2.24, 2.45) is 0 Å². The van der Waals surface area contributed by atoms with Crippen molar-refractivity contribution in [2.45, 2.75) is 70.4 Å². The van der Waals surface area contributed by atoms with Crippen LogP contribution < -0.4 is 5.32 Å². The van der Waals surface area contributed by atoms with Gasteiger partial charge in [0.1, 0.15) is 5.82 Å². The fraction of sp³-hybridized carbons (Fsp3) is 0.765. The Morgan fingerprint density at radius 1 is 1.24 bits per heavy atom. The molecule has 1 aliphatic heterocycles. The van der Waals surface area contributed by atoms with Gasteiger partial charge in [-0.3, -0.25) is 0 Å². The molecule has 21 heavy (non-hydrogen) atoms. The second kappa shape index (κ2) is 7.32. The molecular formula is C17H27N3O. The first-order chi connectivity index (χ1) is 10.4. The monoisotopic (exact) mass is 289 g/mol. The van der Waals surface area contributed by atoms with Gasteiger partial charge in [0, 0.05) is 36.5 Å². The Morgan fingerprint density at radius 3 is 2.95 bits per heavy atom. The third-order valence-electron chi connectivity index (χ3n) is 4.62. The van der Waals surface area contributed by atoms with Crippen LogP contribution in [0.2, 0.25) is 0 Å². The summed E-state index contributed by atoms with van der Waals surface area (Å²) in [6, 6.07) is 0.437. The van der Waals surface area contributed by atoms with Gasteiger partial charge in [0.25, 0.3) is 0 Å². The average molecular weight is 289 g/mol. The van der Waals surface area contributed by atoms with Crippen LogP contribution in [0.1, 0.15) is 68.6 Å². The minimum atomic E-state index is 0.326. The molecule has 0 spiro atoms. The summed E-state index contributed by atoms with van der Waals surface area (Å²) in [5.41, 5.74) is 2.59. The maximum atomic E-state index is 5.82. The number of hydrogen-bond acceptors (Lipinski definition) is 4. The quantitative estimate of drug-likeness (QED) is 0.866. The van der Waals surface area contributed by atoms with Crippen LogP contribution in [0.25, 0.3) is 0 Å². The molecule has 1 aromatic rings. The van der Waals surface area contributed by atoms with Crippen LogP contribution in [0.3, 0.4) is 0 Å². The molecule has 0 amide bonds. The summed E-state index contributed by atoms with van der Waals surface area (Å²) in [5, 5.41) is 3.58. The highest BCUT2D eigenvalue weighted by Gasteiger charge is 2.21. The molecular weight excluding hydrogens is 262 g/mol.